The molecule has 0 radical (unpaired) electrons. The molecule has 3 N–H and O–H groups in total. The van der Waals surface area contributed by atoms with Gasteiger partial charge in [-0.1, -0.05) is 32.9 Å². The van der Waals surface area contributed by atoms with Crippen LogP contribution >= 0.6 is 11.3 Å². The number of benzene rings is 1. The Morgan fingerprint density at radius 2 is 1.95 bits per heavy atom. The van der Waals surface area contributed by atoms with Crippen LogP contribution in [0.4, 0.5) is 11.8 Å². The van der Waals surface area contributed by atoms with Crippen molar-refractivity contribution in [1.82, 2.24) is 35.6 Å². The summed E-state index contributed by atoms with van der Waals surface area (Å²) >= 11 is 1.67. The number of ether oxygens (including phenoxy) is 1. The lowest BCUT2D eigenvalue weighted by Crippen LogP contribution is -2.36. The zero-order valence-corrected chi connectivity index (χ0v) is 23.9. The van der Waals surface area contributed by atoms with Crippen LogP contribution in [-0.2, 0) is 11.3 Å². The molecule has 1 aliphatic rings. The van der Waals surface area contributed by atoms with E-state index in [0.29, 0.717) is 38.1 Å². The first-order valence-corrected chi connectivity index (χ1v) is 14.2. The van der Waals surface area contributed by atoms with Crippen molar-refractivity contribution in [2.24, 2.45) is 5.41 Å². The number of carbonyl (C=O) groups excluding carboxylic acids is 1. The fourth-order valence-corrected chi connectivity index (χ4v) is 6.07. The molecule has 0 atom stereocenters. The van der Waals surface area contributed by atoms with Crippen LogP contribution in [0.5, 0.6) is 0 Å². The fourth-order valence-electron chi connectivity index (χ4n) is 4.94. The average Bonchev–Trinajstić information content (AvgIpc) is 3.62. The van der Waals surface area contributed by atoms with Crippen LogP contribution in [-0.4, -0.2) is 74.1 Å². The summed E-state index contributed by atoms with van der Waals surface area (Å²) in [5.41, 5.74) is 4.49. The molecule has 5 aromatic rings. The number of hydroxylamine groups is 1. The first-order chi connectivity index (χ1) is 19.8. The van der Waals surface area contributed by atoms with E-state index in [1.807, 2.05) is 24.4 Å². The van der Waals surface area contributed by atoms with Crippen molar-refractivity contribution in [3.8, 4) is 11.4 Å². The summed E-state index contributed by atoms with van der Waals surface area (Å²) < 4.78 is 6.65. The lowest BCUT2D eigenvalue weighted by Gasteiger charge is -2.29. The molecule has 12 nitrogen and oxygen atoms in total. The number of H-pyrrole nitrogens is 1. The van der Waals surface area contributed by atoms with E-state index >= 15 is 0 Å². The highest BCUT2D eigenvalue weighted by Gasteiger charge is 2.24. The van der Waals surface area contributed by atoms with Crippen LogP contribution in [0, 0.1) is 5.41 Å². The molecule has 6 rings (SSSR count). The number of hydrogen-bond acceptors (Lipinski definition) is 11. The molecular formula is C28H31N9O3S. The molecule has 212 valence electrons. The van der Waals surface area contributed by atoms with E-state index in [4.69, 9.17) is 19.9 Å². The molecule has 1 fully saturated rings. The number of nitrogens with zero attached hydrogens (tertiary/aromatic N) is 7. The molecule has 4 aromatic heterocycles. The number of rotatable bonds is 7. The fraction of sp³-hybridized carbons (Fsp3) is 0.357. The maximum absolute atomic E-state index is 11.8. The number of aromatic nitrogens is 6. The van der Waals surface area contributed by atoms with E-state index < -0.39 is 5.91 Å². The summed E-state index contributed by atoms with van der Waals surface area (Å²) in [4.78, 5) is 36.2. The number of anilines is 2. The Bertz CT molecular complexity index is 1690. The number of morpholine rings is 1. The van der Waals surface area contributed by atoms with Gasteiger partial charge < -0.3 is 14.5 Å². The van der Waals surface area contributed by atoms with Gasteiger partial charge in [0.25, 0.3) is 5.91 Å². The molecule has 0 unspecified atom stereocenters. The van der Waals surface area contributed by atoms with Crippen molar-refractivity contribution in [1.29, 1.82) is 0 Å². The normalized spacial score (nSPS) is 14.1. The third kappa shape index (κ3) is 5.69. The van der Waals surface area contributed by atoms with Crippen molar-refractivity contribution in [2.45, 2.75) is 27.3 Å². The summed E-state index contributed by atoms with van der Waals surface area (Å²) in [5, 5.41) is 17.2. The molecule has 1 aliphatic heterocycles. The quantitative estimate of drug-likeness (QED) is 0.193. The zero-order chi connectivity index (χ0) is 28.6. The van der Waals surface area contributed by atoms with Gasteiger partial charge in [0.05, 0.1) is 47.3 Å². The Hall–Kier alpha value is -4.20. The minimum Gasteiger partial charge on any atom is -0.378 e. The Balaban J connectivity index is 1.41. The molecule has 1 aromatic carbocycles. The van der Waals surface area contributed by atoms with Gasteiger partial charge >= 0.3 is 0 Å². The van der Waals surface area contributed by atoms with Crippen LogP contribution in [0.3, 0.4) is 0 Å². The van der Waals surface area contributed by atoms with E-state index in [2.05, 4.69) is 56.8 Å². The molecule has 0 spiro atoms. The summed E-state index contributed by atoms with van der Waals surface area (Å²) in [6, 6.07) is 8.12. The molecule has 0 aliphatic carbocycles. The second-order valence-corrected chi connectivity index (χ2v) is 12.3. The van der Waals surface area contributed by atoms with Gasteiger partial charge in [-0.2, -0.15) is 5.10 Å². The number of carbonyl (C=O) groups is 1. The third-order valence-corrected chi connectivity index (χ3v) is 7.84. The summed E-state index contributed by atoms with van der Waals surface area (Å²) in [6.07, 6.45) is 4.64. The molecule has 41 heavy (non-hydrogen) atoms. The van der Waals surface area contributed by atoms with Crippen LogP contribution in [0.1, 0.15) is 36.0 Å². The molecule has 5 heterocycles. The maximum atomic E-state index is 11.8. The number of thiophene rings is 1. The van der Waals surface area contributed by atoms with Gasteiger partial charge in [0.15, 0.2) is 11.6 Å². The minimum absolute atomic E-state index is 0.0452. The van der Waals surface area contributed by atoms with E-state index in [1.54, 1.807) is 16.8 Å². The highest BCUT2D eigenvalue weighted by molar-refractivity contribution is 7.19. The van der Waals surface area contributed by atoms with Gasteiger partial charge in [-0.3, -0.25) is 15.1 Å². The predicted molar refractivity (Wildman–Crippen MR) is 157 cm³/mol. The minimum atomic E-state index is -0.653. The van der Waals surface area contributed by atoms with E-state index in [1.165, 1.54) is 12.4 Å². The van der Waals surface area contributed by atoms with Crippen molar-refractivity contribution in [2.75, 3.05) is 42.6 Å². The monoisotopic (exact) mass is 573 g/mol. The Morgan fingerprint density at radius 3 is 2.68 bits per heavy atom. The second-order valence-electron chi connectivity index (χ2n) is 11.2. The standard InChI is InChI=1S/C28H31N9O3S/c1-28(2,3)16-37(27-29-12-17(13-30-27)26(38)35-39)15-18-11-22-23(41-18)25(36-7-9-40-10-8-36)33-24(32-22)19-5-4-6-21-20(19)14-31-34-21/h4-6,11-14,39H,7-10,15-16H2,1-3H3,(H,31,34)(H,35,38). The summed E-state index contributed by atoms with van der Waals surface area (Å²) in [6.45, 7) is 10.5. The number of nitrogens with one attached hydrogen (secondary N) is 2. The molecule has 0 bridgehead atoms. The van der Waals surface area contributed by atoms with Gasteiger partial charge in [-0.15, -0.1) is 11.3 Å². The third-order valence-electron chi connectivity index (χ3n) is 6.74. The Kier molecular flexibility index (Phi) is 7.24. The molecule has 13 heteroatoms. The van der Waals surface area contributed by atoms with Gasteiger partial charge in [0, 0.05) is 47.9 Å². The number of fused-ring (bicyclic) bond motifs is 2. The largest absolute Gasteiger partial charge is 0.378 e. The van der Waals surface area contributed by atoms with Crippen molar-refractivity contribution >= 4 is 50.1 Å². The Morgan fingerprint density at radius 1 is 1.17 bits per heavy atom. The first kappa shape index (κ1) is 27.0. The van der Waals surface area contributed by atoms with Crippen molar-refractivity contribution in [3.63, 3.8) is 0 Å². The van der Waals surface area contributed by atoms with E-state index in [-0.39, 0.29) is 11.0 Å². The first-order valence-electron chi connectivity index (χ1n) is 13.4. The highest BCUT2D eigenvalue weighted by Crippen LogP contribution is 2.37. The maximum Gasteiger partial charge on any atom is 0.277 e. The highest BCUT2D eigenvalue weighted by atomic mass is 32.1. The average molecular weight is 574 g/mol. The lowest BCUT2D eigenvalue weighted by atomic mass is 9.96. The summed E-state index contributed by atoms with van der Waals surface area (Å²) in [5.74, 6) is 1.41. The van der Waals surface area contributed by atoms with Gasteiger partial charge in [-0.05, 0) is 17.5 Å². The summed E-state index contributed by atoms with van der Waals surface area (Å²) in [7, 11) is 0. The lowest BCUT2D eigenvalue weighted by molar-refractivity contribution is 0.0705. The predicted octanol–water partition coefficient (Wildman–Crippen LogP) is 4.03. The van der Waals surface area contributed by atoms with Crippen LogP contribution < -0.4 is 15.3 Å². The van der Waals surface area contributed by atoms with Gasteiger partial charge in [0.2, 0.25) is 5.95 Å². The smallest absolute Gasteiger partial charge is 0.277 e. The topological polar surface area (TPSA) is 145 Å². The SMILES string of the molecule is CC(C)(C)CN(Cc1cc2nc(-c3cccc4[nH]ncc34)nc(N3CCOCC3)c2s1)c1ncc(C(=O)NO)cn1. The molecule has 0 saturated carbocycles. The number of hydrogen-bond donors (Lipinski definition) is 3. The van der Waals surface area contributed by atoms with E-state index in [0.717, 1.165) is 50.5 Å². The van der Waals surface area contributed by atoms with Crippen LogP contribution in [0.15, 0.2) is 42.9 Å². The Labute approximate surface area is 240 Å². The van der Waals surface area contributed by atoms with E-state index in [9.17, 15) is 4.79 Å². The molecular weight excluding hydrogens is 542 g/mol. The van der Waals surface area contributed by atoms with Crippen LogP contribution in [0.25, 0.3) is 32.5 Å². The van der Waals surface area contributed by atoms with Crippen molar-refractivity contribution < 1.29 is 14.7 Å². The van der Waals surface area contributed by atoms with Gasteiger partial charge in [0.1, 0.15) is 0 Å². The number of amides is 1. The van der Waals surface area contributed by atoms with Crippen molar-refractivity contribution in [3.05, 3.63) is 53.3 Å². The zero-order valence-electron chi connectivity index (χ0n) is 23.1. The molecule has 1 saturated heterocycles. The molecule has 1 amide bonds. The second kappa shape index (κ2) is 11.0. The van der Waals surface area contributed by atoms with Gasteiger partial charge in [-0.25, -0.2) is 25.4 Å². The number of aromatic amines is 1. The van der Waals surface area contributed by atoms with Crippen LogP contribution in [0.2, 0.25) is 0 Å².